The Labute approximate surface area is 206 Å². The fourth-order valence-electron chi connectivity index (χ4n) is 5.26. The Bertz CT molecular complexity index is 1200. The number of halogens is 1. The van der Waals surface area contributed by atoms with Gasteiger partial charge in [0.15, 0.2) is 0 Å². The predicted octanol–water partition coefficient (Wildman–Crippen LogP) is 4.72. The molecule has 1 aliphatic heterocycles. The third kappa shape index (κ3) is 4.68. The van der Waals surface area contributed by atoms with Gasteiger partial charge in [-0.25, -0.2) is 0 Å². The summed E-state index contributed by atoms with van der Waals surface area (Å²) in [5.41, 5.74) is 9.14. The molecular formula is C28H31ClN4O. The van der Waals surface area contributed by atoms with Crippen molar-refractivity contribution in [2.45, 2.75) is 39.2 Å². The lowest BCUT2D eigenvalue weighted by Gasteiger charge is -2.35. The fourth-order valence-corrected chi connectivity index (χ4v) is 5.49. The van der Waals surface area contributed by atoms with Crippen LogP contribution >= 0.6 is 11.6 Å². The van der Waals surface area contributed by atoms with Crippen LogP contribution in [0.4, 0.5) is 5.69 Å². The average molecular weight is 475 g/mol. The van der Waals surface area contributed by atoms with Gasteiger partial charge >= 0.3 is 0 Å². The predicted molar refractivity (Wildman–Crippen MR) is 139 cm³/mol. The number of carbonyl (C=O) groups excluding carboxylic acids is 1. The van der Waals surface area contributed by atoms with E-state index >= 15 is 0 Å². The van der Waals surface area contributed by atoms with Crippen molar-refractivity contribution < 1.29 is 4.79 Å². The molecule has 0 saturated carbocycles. The number of anilines is 1. The number of hydrogen-bond acceptors (Lipinski definition) is 4. The molecule has 0 radical (unpaired) electrons. The quantitative estimate of drug-likeness (QED) is 0.574. The minimum atomic E-state index is -0.107. The van der Waals surface area contributed by atoms with Crippen LogP contribution in [0.25, 0.3) is 11.1 Å². The number of rotatable bonds is 4. The molecule has 5 nitrogen and oxygen atoms in total. The first-order chi connectivity index (χ1) is 16.5. The Balaban J connectivity index is 1.30. The standard InChI is InChI=1S/C28H31ClN4O/c1-18-3-10-27(33-13-11-30-12-14-33)25-16-22(6-8-24(18)25)32-28(34)26-9-4-20(17-31-26)23-7-5-21(29)15-19(23)2/h3-5,7,9-10,15,17,22,30H,6,8,11-14,16H2,1-2H3,(H,32,34)/t22-/m0/s1. The molecule has 5 rings (SSSR count). The summed E-state index contributed by atoms with van der Waals surface area (Å²) >= 11 is 6.08. The molecule has 1 aliphatic carbocycles. The van der Waals surface area contributed by atoms with Crippen molar-refractivity contribution in [3.8, 4) is 11.1 Å². The van der Waals surface area contributed by atoms with E-state index in [4.69, 9.17) is 11.6 Å². The summed E-state index contributed by atoms with van der Waals surface area (Å²) in [5.74, 6) is -0.107. The molecule has 0 unspecified atom stereocenters. The first-order valence-electron chi connectivity index (χ1n) is 12.1. The fraction of sp³-hybridized carbons (Fsp3) is 0.357. The summed E-state index contributed by atoms with van der Waals surface area (Å²) in [5, 5.41) is 7.41. The van der Waals surface area contributed by atoms with Gasteiger partial charge in [0, 0.05) is 54.7 Å². The lowest BCUT2D eigenvalue weighted by atomic mass is 9.84. The minimum Gasteiger partial charge on any atom is -0.369 e. The molecule has 1 amide bonds. The Morgan fingerprint density at radius 3 is 2.62 bits per heavy atom. The molecule has 0 bridgehead atoms. The number of aryl methyl sites for hydroxylation is 2. The highest BCUT2D eigenvalue weighted by atomic mass is 35.5. The number of nitrogens with one attached hydrogen (secondary N) is 2. The summed E-state index contributed by atoms with van der Waals surface area (Å²) < 4.78 is 0. The number of carbonyl (C=O) groups is 1. The SMILES string of the molecule is Cc1cc(Cl)ccc1-c1ccc(C(=O)N[C@H]2CCc3c(C)ccc(N4CCNCC4)c3C2)nc1. The van der Waals surface area contributed by atoms with Crippen LogP contribution in [0.5, 0.6) is 0 Å². The lowest BCUT2D eigenvalue weighted by molar-refractivity contribution is 0.0928. The Kier molecular flexibility index (Phi) is 6.57. The molecule has 3 aromatic rings. The van der Waals surface area contributed by atoms with Crippen LogP contribution in [0.1, 0.15) is 39.2 Å². The van der Waals surface area contributed by atoms with Crippen LogP contribution in [-0.2, 0) is 12.8 Å². The smallest absolute Gasteiger partial charge is 0.270 e. The maximum Gasteiger partial charge on any atom is 0.270 e. The number of hydrogen-bond donors (Lipinski definition) is 2. The van der Waals surface area contributed by atoms with Crippen molar-refractivity contribution in [3.63, 3.8) is 0 Å². The zero-order valence-corrected chi connectivity index (χ0v) is 20.6. The Hall–Kier alpha value is -2.89. The van der Waals surface area contributed by atoms with E-state index in [0.29, 0.717) is 5.69 Å². The van der Waals surface area contributed by atoms with E-state index in [9.17, 15) is 4.79 Å². The topological polar surface area (TPSA) is 57.3 Å². The van der Waals surface area contributed by atoms with Gasteiger partial charge in [0.2, 0.25) is 0 Å². The van der Waals surface area contributed by atoms with Crippen LogP contribution in [0.3, 0.4) is 0 Å². The molecule has 0 spiro atoms. The lowest BCUT2D eigenvalue weighted by Crippen LogP contribution is -2.45. The number of benzene rings is 2. The second kappa shape index (κ2) is 9.77. The maximum atomic E-state index is 13.0. The Morgan fingerprint density at radius 2 is 1.88 bits per heavy atom. The van der Waals surface area contributed by atoms with Gasteiger partial charge in [0.05, 0.1) is 0 Å². The summed E-state index contributed by atoms with van der Waals surface area (Å²) in [6, 6.07) is 14.2. The summed E-state index contributed by atoms with van der Waals surface area (Å²) in [6.45, 7) is 8.30. The summed E-state index contributed by atoms with van der Waals surface area (Å²) in [6.07, 6.45) is 4.58. The zero-order chi connectivity index (χ0) is 23.7. The highest BCUT2D eigenvalue weighted by molar-refractivity contribution is 6.30. The van der Waals surface area contributed by atoms with Crippen molar-refractivity contribution in [1.29, 1.82) is 0 Å². The molecule has 6 heteroatoms. The number of aromatic nitrogens is 1. The van der Waals surface area contributed by atoms with Crippen LogP contribution < -0.4 is 15.5 Å². The van der Waals surface area contributed by atoms with E-state index in [1.54, 1.807) is 6.20 Å². The number of piperazine rings is 1. The average Bonchev–Trinajstić information content (AvgIpc) is 2.85. The Morgan fingerprint density at radius 1 is 1.06 bits per heavy atom. The zero-order valence-electron chi connectivity index (χ0n) is 19.8. The van der Waals surface area contributed by atoms with Crippen LogP contribution in [0, 0.1) is 13.8 Å². The molecular weight excluding hydrogens is 444 g/mol. The van der Waals surface area contributed by atoms with Gasteiger partial charge < -0.3 is 15.5 Å². The summed E-state index contributed by atoms with van der Waals surface area (Å²) in [4.78, 5) is 20.0. The number of nitrogens with zero attached hydrogens (tertiary/aromatic N) is 2. The van der Waals surface area contributed by atoms with Gasteiger partial charge in [0.25, 0.3) is 5.91 Å². The van der Waals surface area contributed by atoms with Gasteiger partial charge in [-0.2, -0.15) is 0 Å². The van der Waals surface area contributed by atoms with E-state index in [-0.39, 0.29) is 11.9 Å². The second-order valence-electron chi connectivity index (χ2n) is 9.40. The highest BCUT2D eigenvalue weighted by Gasteiger charge is 2.26. The number of fused-ring (bicyclic) bond motifs is 1. The second-order valence-corrected chi connectivity index (χ2v) is 9.84. The van der Waals surface area contributed by atoms with Gasteiger partial charge in [0.1, 0.15) is 5.69 Å². The van der Waals surface area contributed by atoms with Crippen molar-refractivity contribution in [2.24, 2.45) is 0 Å². The molecule has 2 aliphatic rings. The van der Waals surface area contributed by atoms with Gasteiger partial charge in [-0.3, -0.25) is 9.78 Å². The van der Waals surface area contributed by atoms with Gasteiger partial charge in [-0.15, -0.1) is 0 Å². The molecule has 176 valence electrons. The minimum absolute atomic E-state index is 0.107. The summed E-state index contributed by atoms with van der Waals surface area (Å²) in [7, 11) is 0. The molecule has 1 aromatic heterocycles. The van der Waals surface area contributed by atoms with Crippen LogP contribution in [0.15, 0.2) is 48.7 Å². The van der Waals surface area contributed by atoms with Gasteiger partial charge in [-0.1, -0.05) is 29.8 Å². The molecule has 1 fully saturated rings. The third-order valence-corrected chi connectivity index (χ3v) is 7.36. The van der Waals surface area contributed by atoms with E-state index in [1.807, 2.05) is 37.3 Å². The number of amides is 1. The van der Waals surface area contributed by atoms with Crippen LogP contribution in [-0.4, -0.2) is 43.1 Å². The van der Waals surface area contributed by atoms with E-state index in [2.05, 4.69) is 39.6 Å². The molecule has 1 atom stereocenters. The number of pyridine rings is 1. The molecule has 2 N–H and O–H groups in total. The third-order valence-electron chi connectivity index (χ3n) is 7.12. The van der Waals surface area contributed by atoms with Gasteiger partial charge in [-0.05, 0) is 85.2 Å². The molecule has 2 heterocycles. The van der Waals surface area contributed by atoms with Crippen molar-refractivity contribution in [2.75, 3.05) is 31.1 Å². The molecule has 34 heavy (non-hydrogen) atoms. The van der Waals surface area contributed by atoms with Crippen molar-refractivity contribution in [1.82, 2.24) is 15.6 Å². The normalized spacial score (nSPS) is 17.9. The first kappa shape index (κ1) is 22.9. The van der Waals surface area contributed by atoms with Crippen molar-refractivity contribution >= 4 is 23.2 Å². The first-order valence-corrected chi connectivity index (χ1v) is 12.5. The van der Waals surface area contributed by atoms with Crippen LogP contribution in [0.2, 0.25) is 5.02 Å². The van der Waals surface area contributed by atoms with E-state index in [0.717, 1.165) is 67.2 Å². The maximum absolute atomic E-state index is 13.0. The largest absolute Gasteiger partial charge is 0.369 e. The highest BCUT2D eigenvalue weighted by Crippen LogP contribution is 2.33. The monoisotopic (exact) mass is 474 g/mol. The van der Waals surface area contributed by atoms with E-state index in [1.165, 1.54) is 22.4 Å². The molecule has 2 aromatic carbocycles. The van der Waals surface area contributed by atoms with Crippen molar-refractivity contribution in [3.05, 3.63) is 81.6 Å². The van der Waals surface area contributed by atoms with E-state index < -0.39 is 0 Å². The molecule has 1 saturated heterocycles.